The predicted octanol–water partition coefficient (Wildman–Crippen LogP) is 4.27. The molecule has 7 nitrogen and oxygen atoms in total. The maximum atomic E-state index is 10.8. The summed E-state index contributed by atoms with van der Waals surface area (Å²) >= 11 is 12.0. The molecule has 0 saturated carbocycles. The molecule has 3 rings (SSSR count). The third-order valence-electron chi connectivity index (χ3n) is 2.99. The zero-order valence-electron chi connectivity index (χ0n) is 11.1. The van der Waals surface area contributed by atoms with Crippen molar-refractivity contribution < 1.29 is 9.66 Å². The first-order chi connectivity index (χ1) is 10.5. The van der Waals surface area contributed by atoms with Crippen molar-refractivity contribution in [2.75, 3.05) is 0 Å². The molecule has 0 aliphatic carbocycles. The molecule has 0 atom stereocenters. The van der Waals surface area contributed by atoms with Crippen molar-refractivity contribution in [3.05, 3.63) is 50.2 Å². The monoisotopic (exact) mass is 338 g/mol. The molecule has 3 aromatic rings. The molecule has 0 saturated heterocycles. The van der Waals surface area contributed by atoms with Crippen molar-refractivity contribution in [2.45, 2.75) is 6.92 Å². The van der Waals surface area contributed by atoms with Crippen molar-refractivity contribution in [1.29, 1.82) is 0 Å². The number of ether oxygens (including phenoxy) is 1. The third-order valence-corrected chi connectivity index (χ3v) is 3.55. The summed E-state index contributed by atoms with van der Waals surface area (Å²) in [5, 5.41) is 18.5. The minimum absolute atomic E-state index is 0.0446. The normalized spacial score (nSPS) is 10.9. The Kier molecular flexibility index (Phi) is 3.59. The van der Waals surface area contributed by atoms with Gasteiger partial charge in [-0.1, -0.05) is 23.2 Å². The number of aromatic amines is 1. The van der Waals surface area contributed by atoms with Crippen molar-refractivity contribution in [3.8, 4) is 11.5 Å². The summed E-state index contributed by atoms with van der Waals surface area (Å²) in [4.78, 5) is 14.3. The molecule has 9 heteroatoms. The summed E-state index contributed by atoms with van der Waals surface area (Å²) in [5.74, 6) is 0.533. The number of nitro groups is 1. The Labute approximate surface area is 134 Å². The van der Waals surface area contributed by atoms with Crippen LogP contribution in [0, 0.1) is 17.0 Å². The average molecular weight is 339 g/mol. The standard InChI is InChI=1S/C13H8Cl2N4O3/c1-6-9-4-8(5-16-13(9)18-17-6)22-12-10(14)2-7(19(20)21)3-11(12)15/h2-5H,1H3,(H,16,17,18). The van der Waals surface area contributed by atoms with E-state index in [1.807, 2.05) is 6.92 Å². The number of nitrogens with one attached hydrogen (secondary N) is 1. The quantitative estimate of drug-likeness (QED) is 0.568. The molecular formula is C13H8Cl2N4O3. The smallest absolute Gasteiger partial charge is 0.272 e. The van der Waals surface area contributed by atoms with Crippen LogP contribution in [-0.2, 0) is 0 Å². The minimum Gasteiger partial charge on any atom is -0.453 e. The number of benzene rings is 1. The van der Waals surface area contributed by atoms with Crippen LogP contribution in [-0.4, -0.2) is 20.1 Å². The fourth-order valence-electron chi connectivity index (χ4n) is 1.92. The number of aromatic nitrogens is 3. The highest BCUT2D eigenvalue weighted by molar-refractivity contribution is 6.37. The molecule has 112 valence electrons. The predicted molar refractivity (Wildman–Crippen MR) is 81.8 cm³/mol. The van der Waals surface area contributed by atoms with Gasteiger partial charge in [-0.2, -0.15) is 5.10 Å². The van der Waals surface area contributed by atoms with E-state index in [1.54, 1.807) is 6.07 Å². The summed E-state index contributed by atoms with van der Waals surface area (Å²) in [6, 6.07) is 4.09. The minimum atomic E-state index is -0.579. The van der Waals surface area contributed by atoms with E-state index < -0.39 is 4.92 Å². The average Bonchev–Trinajstić information content (AvgIpc) is 2.84. The molecule has 0 radical (unpaired) electrons. The molecule has 2 heterocycles. The fourth-order valence-corrected chi connectivity index (χ4v) is 2.48. The number of non-ortho nitro benzene ring substituents is 1. The van der Waals surface area contributed by atoms with E-state index in [1.165, 1.54) is 18.3 Å². The summed E-state index contributed by atoms with van der Waals surface area (Å²) in [5.41, 5.74) is 1.20. The van der Waals surface area contributed by atoms with Gasteiger partial charge in [-0.15, -0.1) is 0 Å². The van der Waals surface area contributed by atoms with Gasteiger partial charge in [0.05, 0.1) is 21.2 Å². The topological polar surface area (TPSA) is 93.9 Å². The number of nitro benzene ring substituents is 1. The molecule has 22 heavy (non-hydrogen) atoms. The molecule has 2 aromatic heterocycles. The number of hydrogen-bond donors (Lipinski definition) is 1. The molecule has 1 aromatic carbocycles. The van der Waals surface area contributed by atoms with Crippen LogP contribution >= 0.6 is 23.2 Å². The van der Waals surface area contributed by atoms with Crippen LogP contribution in [0.1, 0.15) is 5.69 Å². The largest absolute Gasteiger partial charge is 0.453 e. The summed E-state index contributed by atoms with van der Waals surface area (Å²) in [7, 11) is 0. The van der Waals surface area contributed by atoms with E-state index in [9.17, 15) is 10.1 Å². The molecule has 0 spiro atoms. The Hall–Kier alpha value is -2.38. The van der Waals surface area contributed by atoms with Gasteiger partial charge in [-0.05, 0) is 13.0 Å². The number of pyridine rings is 1. The maximum absolute atomic E-state index is 10.8. The second-order valence-corrected chi connectivity index (χ2v) is 5.30. The Bertz CT molecular complexity index is 871. The van der Waals surface area contributed by atoms with Crippen LogP contribution in [0.3, 0.4) is 0 Å². The zero-order valence-corrected chi connectivity index (χ0v) is 12.6. The molecule has 1 N–H and O–H groups in total. The van der Waals surface area contributed by atoms with Crippen molar-refractivity contribution in [2.24, 2.45) is 0 Å². The number of aryl methyl sites for hydroxylation is 1. The highest BCUT2D eigenvalue weighted by atomic mass is 35.5. The Morgan fingerprint density at radius 3 is 2.59 bits per heavy atom. The molecule has 0 aliphatic rings. The van der Waals surface area contributed by atoms with Gasteiger partial charge in [-0.3, -0.25) is 15.2 Å². The van der Waals surface area contributed by atoms with E-state index >= 15 is 0 Å². The number of halogens is 2. The first-order valence-corrected chi connectivity index (χ1v) is 6.83. The lowest BCUT2D eigenvalue weighted by Gasteiger charge is -2.09. The van der Waals surface area contributed by atoms with Crippen molar-refractivity contribution in [1.82, 2.24) is 15.2 Å². The number of rotatable bonds is 3. The highest BCUT2D eigenvalue weighted by Gasteiger charge is 2.17. The van der Waals surface area contributed by atoms with Gasteiger partial charge in [0.15, 0.2) is 11.4 Å². The van der Waals surface area contributed by atoms with Crippen molar-refractivity contribution >= 4 is 39.9 Å². The maximum Gasteiger partial charge on any atom is 0.272 e. The van der Waals surface area contributed by atoms with Crippen LogP contribution in [0.2, 0.25) is 10.0 Å². The molecule has 0 aliphatic heterocycles. The van der Waals surface area contributed by atoms with Crippen LogP contribution in [0.5, 0.6) is 11.5 Å². The van der Waals surface area contributed by atoms with Crippen LogP contribution in [0.25, 0.3) is 11.0 Å². The molecular weight excluding hydrogens is 331 g/mol. The molecule has 0 bridgehead atoms. The number of fused-ring (bicyclic) bond motifs is 1. The molecule has 0 amide bonds. The number of H-pyrrole nitrogens is 1. The van der Waals surface area contributed by atoms with E-state index in [0.717, 1.165) is 11.1 Å². The fraction of sp³-hybridized carbons (Fsp3) is 0.0769. The first kappa shape index (κ1) is 14.6. The van der Waals surface area contributed by atoms with Crippen LogP contribution in [0.4, 0.5) is 5.69 Å². The number of hydrogen-bond acceptors (Lipinski definition) is 5. The van der Waals surface area contributed by atoms with Gasteiger partial charge in [0.1, 0.15) is 5.75 Å². The van der Waals surface area contributed by atoms with Gasteiger partial charge >= 0.3 is 0 Å². The SMILES string of the molecule is Cc1[nH]nc2ncc(Oc3c(Cl)cc([N+](=O)[O-])cc3Cl)cc12. The third kappa shape index (κ3) is 2.56. The lowest BCUT2D eigenvalue weighted by molar-refractivity contribution is -0.384. The van der Waals surface area contributed by atoms with Gasteiger partial charge in [0, 0.05) is 23.2 Å². The van der Waals surface area contributed by atoms with Crippen LogP contribution < -0.4 is 4.74 Å². The van der Waals surface area contributed by atoms with E-state index in [-0.39, 0.29) is 21.5 Å². The second-order valence-electron chi connectivity index (χ2n) is 4.49. The Balaban J connectivity index is 2.01. The van der Waals surface area contributed by atoms with Gasteiger partial charge in [0.2, 0.25) is 0 Å². The van der Waals surface area contributed by atoms with Crippen LogP contribution in [0.15, 0.2) is 24.4 Å². The zero-order chi connectivity index (χ0) is 15.9. The first-order valence-electron chi connectivity index (χ1n) is 6.07. The van der Waals surface area contributed by atoms with Gasteiger partial charge < -0.3 is 4.74 Å². The highest BCUT2D eigenvalue weighted by Crippen LogP contribution is 2.39. The molecule has 0 fully saturated rings. The second kappa shape index (κ2) is 5.43. The number of nitrogens with zero attached hydrogens (tertiary/aromatic N) is 3. The van der Waals surface area contributed by atoms with E-state index in [0.29, 0.717) is 11.4 Å². The Morgan fingerprint density at radius 1 is 1.27 bits per heavy atom. The van der Waals surface area contributed by atoms with E-state index in [4.69, 9.17) is 27.9 Å². The van der Waals surface area contributed by atoms with Gasteiger partial charge in [-0.25, -0.2) is 4.98 Å². The lowest BCUT2D eigenvalue weighted by Crippen LogP contribution is -1.92. The summed E-state index contributed by atoms with van der Waals surface area (Å²) < 4.78 is 5.62. The lowest BCUT2D eigenvalue weighted by atomic mass is 10.2. The molecule has 0 unspecified atom stereocenters. The van der Waals surface area contributed by atoms with E-state index in [2.05, 4.69) is 15.2 Å². The summed E-state index contributed by atoms with van der Waals surface area (Å²) in [6.07, 6.45) is 1.47. The Morgan fingerprint density at radius 2 is 1.95 bits per heavy atom. The van der Waals surface area contributed by atoms with Gasteiger partial charge in [0.25, 0.3) is 5.69 Å². The summed E-state index contributed by atoms with van der Waals surface area (Å²) in [6.45, 7) is 1.85. The van der Waals surface area contributed by atoms with Crippen molar-refractivity contribution in [3.63, 3.8) is 0 Å².